The number of hydrogen-bond acceptors (Lipinski definition) is 6. The Kier molecular flexibility index (Phi) is 5.48. The van der Waals surface area contributed by atoms with Gasteiger partial charge in [-0.3, -0.25) is 9.69 Å². The smallest absolute Gasteiger partial charge is 0.310 e. The number of carbonyl (C=O) groups is 1. The minimum absolute atomic E-state index is 0.0790. The highest BCUT2D eigenvalue weighted by Gasteiger charge is 2.27. The van der Waals surface area contributed by atoms with Crippen LogP contribution in [-0.2, 0) is 16.1 Å². The largest absolute Gasteiger partial charge is 0.466 e. The van der Waals surface area contributed by atoms with E-state index in [1.54, 1.807) is 6.07 Å². The third-order valence-corrected chi connectivity index (χ3v) is 4.39. The molecule has 1 aromatic heterocycles. The van der Waals surface area contributed by atoms with E-state index in [1.165, 1.54) is 0 Å². The van der Waals surface area contributed by atoms with Gasteiger partial charge in [0.25, 0.3) is 0 Å². The number of carbonyl (C=O) groups excluding carboxylic acids is 1. The van der Waals surface area contributed by atoms with Crippen molar-refractivity contribution < 1.29 is 13.9 Å². The number of likely N-dealkylation sites (tertiary alicyclic amines) is 1. The fourth-order valence-corrected chi connectivity index (χ4v) is 3.12. The third kappa shape index (κ3) is 3.94. The molecular formula is C17H20ClN3O3. The lowest BCUT2D eigenvalue weighted by Gasteiger charge is -2.30. The van der Waals surface area contributed by atoms with Gasteiger partial charge in [-0.05, 0) is 38.4 Å². The van der Waals surface area contributed by atoms with E-state index in [9.17, 15) is 4.79 Å². The topological polar surface area (TPSA) is 68.5 Å². The van der Waals surface area contributed by atoms with Crippen LogP contribution < -0.4 is 0 Å². The van der Waals surface area contributed by atoms with Gasteiger partial charge in [0.2, 0.25) is 11.8 Å². The molecule has 0 bridgehead atoms. The quantitative estimate of drug-likeness (QED) is 0.772. The van der Waals surface area contributed by atoms with Gasteiger partial charge < -0.3 is 9.15 Å². The van der Waals surface area contributed by atoms with Gasteiger partial charge in [0.05, 0.1) is 29.7 Å². The molecule has 1 aliphatic rings. The molecule has 1 aliphatic heterocycles. The van der Waals surface area contributed by atoms with Crippen LogP contribution in [0.25, 0.3) is 11.5 Å². The fraction of sp³-hybridized carbons (Fsp3) is 0.471. The Hall–Kier alpha value is -1.92. The van der Waals surface area contributed by atoms with Crippen LogP contribution in [0.4, 0.5) is 0 Å². The molecule has 2 heterocycles. The van der Waals surface area contributed by atoms with Gasteiger partial charge in [0, 0.05) is 6.54 Å². The maximum Gasteiger partial charge on any atom is 0.310 e. The van der Waals surface area contributed by atoms with Crippen molar-refractivity contribution in [2.24, 2.45) is 5.92 Å². The molecule has 1 atom stereocenters. The molecule has 24 heavy (non-hydrogen) atoms. The molecule has 7 heteroatoms. The van der Waals surface area contributed by atoms with Crippen LogP contribution in [0.5, 0.6) is 0 Å². The summed E-state index contributed by atoms with van der Waals surface area (Å²) in [6, 6.07) is 7.36. The van der Waals surface area contributed by atoms with Crippen molar-refractivity contribution in [3.8, 4) is 11.5 Å². The highest BCUT2D eigenvalue weighted by atomic mass is 35.5. The second-order valence-electron chi connectivity index (χ2n) is 5.81. The Morgan fingerprint density at radius 3 is 3.04 bits per heavy atom. The van der Waals surface area contributed by atoms with Gasteiger partial charge in [-0.25, -0.2) is 0 Å². The summed E-state index contributed by atoms with van der Waals surface area (Å²) < 4.78 is 10.9. The van der Waals surface area contributed by atoms with Gasteiger partial charge in [-0.15, -0.1) is 10.2 Å². The Labute approximate surface area is 145 Å². The first-order valence-corrected chi connectivity index (χ1v) is 8.51. The lowest BCUT2D eigenvalue weighted by molar-refractivity contribution is -0.150. The van der Waals surface area contributed by atoms with E-state index in [-0.39, 0.29) is 11.9 Å². The van der Waals surface area contributed by atoms with Crippen molar-refractivity contribution in [1.29, 1.82) is 0 Å². The molecule has 1 fully saturated rings. The Balaban J connectivity index is 1.64. The monoisotopic (exact) mass is 349 g/mol. The van der Waals surface area contributed by atoms with Gasteiger partial charge >= 0.3 is 5.97 Å². The maximum absolute atomic E-state index is 11.9. The third-order valence-electron chi connectivity index (χ3n) is 4.06. The van der Waals surface area contributed by atoms with Crippen molar-refractivity contribution in [1.82, 2.24) is 15.1 Å². The van der Waals surface area contributed by atoms with Crippen molar-refractivity contribution in [3.63, 3.8) is 0 Å². The van der Waals surface area contributed by atoms with E-state index < -0.39 is 0 Å². The number of benzene rings is 1. The van der Waals surface area contributed by atoms with E-state index in [0.717, 1.165) is 24.9 Å². The van der Waals surface area contributed by atoms with Crippen LogP contribution >= 0.6 is 11.6 Å². The van der Waals surface area contributed by atoms with Crippen LogP contribution in [-0.4, -0.2) is 40.8 Å². The number of ether oxygens (including phenoxy) is 1. The van der Waals surface area contributed by atoms with E-state index in [2.05, 4.69) is 15.1 Å². The second-order valence-corrected chi connectivity index (χ2v) is 6.21. The van der Waals surface area contributed by atoms with E-state index in [0.29, 0.717) is 36.5 Å². The molecule has 1 aromatic carbocycles. The first kappa shape index (κ1) is 16.9. The van der Waals surface area contributed by atoms with Gasteiger partial charge in [0.15, 0.2) is 0 Å². The Morgan fingerprint density at radius 1 is 1.42 bits per heavy atom. The summed E-state index contributed by atoms with van der Waals surface area (Å²) in [5.41, 5.74) is 0.723. The van der Waals surface area contributed by atoms with Crippen LogP contribution in [0.15, 0.2) is 28.7 Å². The molecular weight excluding hydrogens is 330 g/mol. The number of nitrogens with zero attached hydrogens (tertiary/aromatic N) is 3. The molecule has 1 unspecified atom stereocenters. The Morgan fingerprint density at radius 2 is 2.25 bits per heavy atom. The summed E-state index contributed by atoms with van der Waals surface area (Å²) in [4.78, 5) is 14.1. The van der Waals surface area contributed by atoms with Crippen molar-refractivity contribution in [3.05, 3.63) is 35.2 Å². The molecule has 3 rings (SSSR count). The van der Waals surface area contributed by atoms with Crippen molar-refractivity contribution in [2.75, 3.05) is 19.7 Å². The first-order chi connectivity index (χ1) is 11.7. The lowest BCUT2D eigenvalue weighted by atomic mass is 9.98. The normalized spacial score (nSPS) is 18.5. The molecule has 0 radical (unpaired) electrons. The molecule has 6 nitrogen and oxygen atoms in total. The number of aromatic nitrogens is 2. The average Bonchev–Trinajstić information content (AvgIpc) is 3.04. The zero-order valence-electron chi connectivity index (χ0n) is 13.6. The van der Waals surface area contributed by atoms with Gasteiger partial charge in [-0.2, -0.15) is 0 Å². The van der Waals surface area contributed by atoms with Crippen molar-refractivity contribution in [2.45, 2.75) is 26.3 Å². The molecule has 2 aromatic rings. The molecule has 128 valence electrons. The summed E-state index contributed by atoms with van der Waals surface area (Å²) in [6.45, 7) is 4.32. The van der Waals surface area contributed by atoms with Crippen molar-refractivity contribution >= 4 is 17.6 Å². The van der Waals surface area contributed by atoms with Crippen LogP contribution in [0.3, 0.4) is 0 Å². The predicted octanol–water partition coefficient (Wildman–Crippen LogP) is 3.17. The number of piperidine rings is 1. The molecule has 0 amide bonds. The van der Waals surface area contributed by atoms with Crippen LogP contribution in [0.1, 0.15) is 25.7 Å². The summed E-state index contributed by atoms with van der Waals surface area (Å²) in [5, 5.41) is 8.75. The number of esters is 1. The number of rotatable bonds is 5. The van der Waals surface area contributed by atoms with Crippen LogP contribution in [0.2, 0.25) is 5.02 Å². The minimum Gasteiger partial charge on any atom is -0.466 e. The minimum atomic E-state index is -0.121. The second kappa shape index (κ2) is 7.77. The highest BCUT2D eigenvalue weighted by Crippen LogP contribution is 2.27. The molecule has 0 aliphatic carbocycles. The molecule has 0 spiro atoms. The van der Waals surface area contributed by atoms with E-state index in [1.807, 2.05) is 25.1 Å². The van der Waals surface area contributed by atoms with Gasteiger partial charge in [0.1, 0.15) is 0 Å². The fourth-order valence-electron chi connectivity index (χ4n) is 2.90. The van der Waals surface area contributed by atoms with E-state index in [4.69, 9.17) is 20.8 Å². The lowest BCUT2D eigenvalue weighted by Crippen LogP contribution is -2.39. The molecule has 1 saturated heterocycles. The summed E-state index contributed by atoms with van der Waals surface area (Å²) in [7, 11) is 0. The SMILES string of the molecule is CCOC(=O)C1CCCN(Cc2nnc(-c3ccccc3Cl)o2)C1. The number of hydrogen-bond donors (Lipinski definition) is 0. The summed E-state index contributed by atoms with van der Waals surface area (Å²) >= 11 is 6.15. The summed E-state index contributed by atoms with van der Waals surface area (Å²) in [5.74, 6) is 0.734. The Bertz CT molecular complexity index is 704. The zero-order chi connectivity index (χ0) is 16.9. The summed E-state index contributed by atoms with van der Waals surface area (Å²) in [6.07, 6.45) is 1.82. The maximum atomic E-state index is 11.9. The number of halogens is 1. The van der Waals surface area contributed by atoms with E-state index >= 15 is 0 Å². The predicted molar refractivity (Wildman–Crippen MR) is 89.4 cm³/mol. The highest BCUT2D eigenvalue weighted by molar-refractivity contribution is 6.33. The average molecular weight is 350 g/mol. The molecule has 0 N–H and O–H groups in total. The first-order valence-electron chi connectivity index (χ1n) is 8.13. The molecule has 0 saturated carbocycles. The zero-order valence-corrected chi connectivity index (χ0v) is 14.3. The van der Waals surface area contributed by atoms with Gasteiger partial charge in [-0.1, -0.05) is 23.7 Å². The standard InChI is InChI=1S/C17H20ClN3O3/c1-2-23-17(22)12-6-5-9-21(10-12)11-15-19-20-16(24-15)13-7-3-4-8-14(13)18/h3-4,7-8,12H,2,5-6,9-11H2,1H3. The van der Waals surface area contributed by atoms with Crippen LogP contribution in [0, 0.1) is 5.92 Å².